The fraction of sp³-hybridized carbons (Fsp3) is 0.786. The van der Waals surface area contributed by atoms with Gasteiger partial charge >= 0.3 is 0 Å². The van der Waals surface area contributed by atoms with Gasteiger partial charge in [-0.3, -0.25) is 16.0 Å². The number of aromatic nitrogens is 2. The second kappa shape index (κ2) is 8.12. The molecule has 1 aliphatic carbocycles. The van der Waals surface area contributed by atoms with Crippen LogP contribution >= 0.6 is 15.9 Å². The molecule has 1 aromatic heterocycles. The summed E-state index contributed by atoms with van der Waals surface area (Å²) < 4.78 is 8.19. The number of hydrazine groups is 1. The van der Waals surface area contributed by atoms with Gasteiger partial charge in [0.1, 0.15) is 0 Å². The minimum absolute atomic E-state index is 0.154. The van der Waals surface area contributed by atoms with Gasteiger partial charge in [-0.25, -0.2) is 0 Å². The number of methoxy groups -OCH3 is 1. The number of nitrogens with zero attached hydrogens (tertiary/aromatic N) is 2. The van der Waals surface area contributed by atoms with Gasteiger partial charge in [-0.2, -0.15) is 5.10 Å². The van der Waals surface area contributed by atoms with Crippen LogP contribution in [-0.4, -0.2) is 23.5 Å². The van der Waals surface area contributed by atoms with E-state index in [2.05, 4.69) is 26.5 Å². The van der Waals surface area contributed by atoms with E-state index in [9.17, 15) is 0 Å². The Morgan fingerprint density at radius 2 is 2.15 bits per heavy atom. The van der Waals surface area contributed by atoms with E-state index in [1.54, 1.807) is 7.11 Å². The first-order valence-electron chi connectivity index (χ1n) is 7.44. The van der Waals surface area contributed by atoms with Crippen LogP contribution in [-0.2, 0) is 11.3 Å². The minimum Gasteiger partial charge on any atom is -0.383 e. The predicted octanol–water partition coefficient (Wildman–Crippen LogP) is 2.77. The molecule has 1 unspecified atom stereocenters. The van der Waals surface area contributed by atoms with Crippen molar-refractivity contribution in [2.45, 2.75) is 51.1 Å². The maximum absolute atomic E-state index is 5.87. The molecule has 0 aliphatic heterocycles. The van der Waals surface area contributed by atoms with Crippen molar-refractivity contribution in [3.8, 4) is 0 Å². The Labute approximate surface area is 129 Å². The molecule has 20 heavy (non-hydrogen) atoms. The second-order valence-corrected chi connectivity index (χ2v) is 6.34. The van der Waals surface area contributed by atoms with E-state index >= 15 is 0 Å². The molecule has 0 bridgehead atoms. The van der Waals surface area contributed by atoms with Gasteiger partial charge in [0.25, 0.3) is 0 Å². The number of nitrogens with one attached hydrogen (secondary N) is 1. The Balaban J connectivity index is 2.18. The third-order valence-corrected chi connectivity index (χ3v) is 4.80. The van der Waals surface area contributed by atoms with Crippen LogP contribution < -0.4 is 11.3 Å². The normalized spacial score (nSPS) is 18.9. The van der Waals surface area contributed by atoms with E-state index in [1.807, 2.05) is 10.9 Å². The van der Waals surface area contributed by atoms with E-state index in [0.717, 1.165) is 16.7 Å². The Hall–Kier alpha value is -0.430. The first-order valence-corrected chi connectivity index (χ1v) is 8.23. The quantitative estimate of drug-likeness (QED) is 0.473. The van der Waals surface area contributed by atoms with Gasteiger partial charge in [0.15, 0.2) is 0 Å². The van der Waals surface area contributed by atoms with Crippen molar-refractivity contribution in [1.29, 1.82) is 0 Å². The van der Waals surface area contributed by atoms with Gasteiger partial charge in [0, 0.05) is 7.11 Å². The first kappa shape index (κ1) is 15.9. The molecule has 0 amide bonds. The highest BCUT2D eigenvalue weighted by molar-refractivity contribution is 9.10. The van der Waals surface area contributed by atoms with Crippen molar-refractivity contribution >= 4 is 15.9 Å². The number of nitrogens with two attached hydrogens (primary N) is 1. The van der Waals surface area contributed by atoms with Gasteiger partial charge in [-0.1, -0.05) is 25.7 Å². The molecule has 1 fully saturated rings. The molecule has 2 rings (SSSR count). The van der Waals surface area contributed by atoms with Crippen molar-refractivity contribution in [3.05, 3.63) is 16.4 Å². The van der Waals surface area contributed by atoms with Crippen molar-refractivity contribution in [2.75, 3.05) is 13.7 Å². The molecule has 0 spiro atoms. The Bertz CT molecular complexity index is 402. The van der Waals surface area contributed by atoms with Crippen LogP contribution in [0.1, 0.15) is 50.3 Å². The second-order valence-electron chi connectivity index (χ2n) is 5.49. The first-order chi connectivity index (χ1) is 9.77. The number of rotatable bonds is 6. The monoisotopic (exact) mass is 344 g/mol. The highest BCUT2D eigenvalue weighted by atomic mass is 79.9. The average Bonchev–Trinajstić information content (AvgIpc) is 2.68. The Kier molecular flexibility index (Phi) is 6.48. The minimum atomic E-state index is 0.154. The molecule has 0 saturated heterocycles. The van der Waals surface area contributed by atoms with Crippen molar-refractivity contribution < 1.29 is 4.74 Å². The molecule has 1 heterocycles. The molecule has 1 saturated carbocycles. The zero-order valence-corrected chi connectivity index (χ0v) is 13.7. The smallest absolute Gasteiger partial charge is 0.0713 e. The summed E-state index contributed by atoms with van der Waals surface area (Å²) in [6.07, 6.45) is 9.61. The van der Waals surface area contributed by atoms with Gasteiger partial charge < -0.3 is 4.74 Å². The Morgan fingerprint density at radius 3 is 2.75 bits per heavy atom. The number of hydrogen-bond donors (Lipinski definition) is 2. The lowest BCUT2D eigenvalue weighted by Gasteiger charge is -2.26. The zero-order valence-electron chi connectivity index (χ0n) is 12.1. The molecule has 3 N–H and O–H groups in total. The summed E-state index contributed by atoms with van der Waals surface area (Å²) in [5, 5.41) is 4.43. The highest BCUT2D eigenvalue weighted by Gasteiger charge is 2.28. The van der Waals surface area contributed by atoms with Crippen LogP contribution in [0.4, 0.5) is 0 Å². The molecule has 1 atom stereocenters. The van der Waals surface area contributed by atoms with Crippen LogP contribution in [0.25, 0.3) is 0 Å². The summed E-state index contributed by atoms with van der Waals surface area (Å²) in [5.41, 5.74) is 4.18. The standard InChI is InChI=1S/C14H25BrN4O/c1-20-9-8-19-14(12(15)10-17-19)13(18-16)11-6-4-2-3-5-7-11/h10-11,13,18H,2-9,16H2,1H3. The summed E-state index contributed by atoms with van der Waals surface area (Å²) in [6.45, 7) is 1.41. The van der Waals surface area contributed by atoms with Crippen molar-refractivity contribution in [3.63, 3.8) is 0 Å². The average molecular weight is 345 g/mol. The lowest BCUT2D eigenvalue weighted by Crippen LogP contribution is -2.35. The molecule has 114 valence electrons. The van der Waals surface area contributed by atoms with Crippen LogP contribution in [0.15, 0.2) is 10.7 Å². The number of hydrogen-bond acceptors (Lipinski definition) is 4. The van der Waals surface area contributed by atoms with E-state index in [1.165, 1.54) is 38.5 Å². The molecule has 6 heteroatoms. The van der Waals surface area contributed by atoms with Crippen LogP contribution in [0.5, 0.6) is 0 Å². The van der Waals surface area contributed by atoms with Crippen molar-refractivity contribution in [2.24, 2.45) is 11.8 Å². The topological polar surface area (TPSA) is 65.1 Å². The zero-order chi connectivity index (χ0) is 14.4. The summed E-state index contributed by atoms with van der Waals surface area (Å²) in [7, 11) is 1.71. The lowest BCUT2D eigenvalue weighted by molar-refractivity contribution is 0.180. The summed E-state index contributed by atoms with van der Waals surface area (Å²) >= 11 is 3.62. The molecule has 1 aromatic rings. The van der Waals surface area contributed by atoms with Gasteiger partial charge in [0.05, 0.1) is 35.6 Å². The third-order valence-electron chi connectivity index (χ3n) is 4.19. The highest BCUT2D eigenvalue weighted by Crippen LogP contribution is 2.35. The maximum atomic E-state index is 5.87. The van der Waals surface area contributed by atoms with Crippen molar-refractivity contribution in [1.82, 2.24) is 15.2 Å². The fourth-order valence-electron chi connectivity index (χ4n) is 3.12. The van der Waals surface area contributed by atoms with E-state index < -0.39 is 0 Å². The maximum Gasteiger partial charge on any atom is 0.0713 e. The molecule has 1 aliphatic rings. The lowest BCUT2D eigenvalue weighted by atomic mass is 9.90. The van der Waals surface area contributed by atoms with E-state index in [-0.39, 0.29) is 6.04 Å². The van der Waals surface area contributed by atoms with E-state index in [0.29, 0.717) is 12.5 Å². The molecular formula is C14H25BrN4O. The third kappa shape index (κ3) is 3.81. The molecule has 5 nitrogen and oxygen atoms in total. The summed E-state index contributed by atoms with van der Waals surface area (Å²) in [5.74, 6) is 6.45. The molecule has 0 radical (unpaired) electrons. The number of halogens is 1. The SMILES string of the molecule is COCCn1ncc(Br)c1C(NN)C1CCCCCC1. The molecular weight excluding hydrogens is 320 g/mol. The van der Waals surface area contributed by atoms with Gasteiger partial charge in [0.2, 0.25) is 0 Å². The van der Waals surface area contributed by atoms with Gasteiger partial charge in [-0.15, -0.1) is 0 Å². The molecule has 0 aromatic carbocycles. The summed E-state index contributed by atoms with van der Waals surface area (Å²) in [6, 6.07) is 0.154. The van der Waals surface area contributed by atoms with E-state index in [4.69, 9.17) is 10.6 Å². The van der Waals surface area contributed by atoms with Crippen LogP contribution in [0.3, 0.4) is 0 Å². The van der Waals surface area contributed by atoms with Crippen LogP contribution in [0, 0.1) is 5.92 Å². The summed E-state index contributed by atoms with van der Waals surface area (Å²) in [4.78, 5) is 0. The Morgan fingerprint density at radius 1 is 1.45 bits per heavy atom. The predicted molar refractivity (Wildman–Crippen MR) is 83.1 cm³/mol. The largest absolute Gasteiger partial charge is 0.383 e. The van der Waals surface area contributed by atoms with Crippen LogP contribution in [0.2, 0.25) is 0 Å². The van der Waals surface area contributed by atoms with Gasteiger partial charge in [-0.05, 0) is 34.7 Å². The number of ether oxygens (including phenoxy) is 1. The fourth-order valence-corrected chi connectivity index (χ4v) is 3.66.